The van der Waals surface area contributed by atoms with Crippen molar-refractivity contribution >= 4 is 69.2 Å². The molecule has 0 saturated heterocycles. The van der Waals surface area contributed by atoms with E-state index in [0.29, 0.717) is 23.3 Å². The molecule has 0 atom stereocenters. The molecule has 0 spiro atoms. The molecular weight excluding hydrogens is 485 g/mol. The molecule has 3 heterocycles. The number of nitro groups is 1. The summed E-state index contributed by atoms with van der Waals surface area (Å²) in [6.07, 6.45) is 0. The van der Waals surface area contributed by atoms with Crippen molar-refractivity contribution in [2.75, 3.05) is 17.2 Å². The average Bonchev–Trinajstić information content (AvgIpc) is 3.09. The molecule has 4 aromatic rings. The van der Waals surface area contributed by atoms with E-state index in [0.717, 1.165) is 5.56 Å². The zero-order valence-corrected chi connectivity index (χ0v) is 18.5. The maximum atomic E-state index is 10.8. The number of aromatic nitrogens is 7. The van der Waals surface area contributed by atoms with Crippen LogP contribution < -0.4 is 17.2 Å². The molecule has 0 amide bonds. The highest BCUT2D eigenvalue weighted by Gasteiger charge is 2.14. The fourth-order valence-corrected chi connectivity index (χ4v) is 3.18. The number of fused-ring (bicyclic) bond motifs is 1. The van der Waals surface area contributed by atoms with Crippen LogP contribution in [0.3, 0.4) is 0 Å². The van der Waals surface area contributed by atoms with E-state index in [1.165, 1.54) is 10.7 Å². The van der Waals surface area contributed by atoms with Gasteiger partial charge in [0.2, 0.25) is 11.9 Å². The van der Waals surface area contributed by atoms with Gasteiger partial charge in [0.25, 0.3) is 5.69 Å². The Morgan fingerprint density at radius 1 is 1.00 bits per heavy atom. The Morgan fingerprint density at radius 3 is 2.19 bits per heavy atom. The van der Waals surface area contributed by atoms with Crippen LogP contribution in [0.2, 0.25) is 15.5 Å². The van der Waals surface area contributed by atoms with Crippen LogP contribution in [0.5, 0.6) is 0 Å². The Morgan fingerprint density at radius 2 is 1.59 bits per heavy atom. The maximum absolute atomic E-state index is 10.8. The first kappa shape index (κ1) is 23.1. The van der Waals surface area contributed by atoms with Crippen LogP contribution in [0.4, 0.5) is 23.3 Å². The summed E-state index contributed by atoms with van der Waals surface area (Å²) >= 11 is 16.9. The van der Waals surface area contributed by atoms with Crippen molar-refractivity contribution in [3.63, 3.8) is 0 Å². The van der Waals surface area contributed by atoms with Crippen LogP contribution >= 0.6 is 34.8 Å². The van der Waals surface area contributed by atoms with Crippen molar-refractivity contribution in [3.8, 4) is 0 Å². The molecule has 0 fully saturated rings. The number of hydrogen-bond acceptors (Lipinski definition) is 11. The van der Waals surface area contributed by atoms with Crippen molar-refractivity contribution < 1.29 is 4.92 Å². The summed E-state index contributed by atoms with van der Waals surface area (Å²) in [5, 5.41) is 19.0. The largest absolute Gasteiger partial charge is 0.394 e. The van der Waals surface area contributed by atoms with Gasteiger partial charge in [-0.2, -0.15) is 19.9 Å². The lowest BCUT2D eigenvalue weighted by molar-refractivity contribution is -0.385. The van der Waals surface area contributed by atoms with Crippen LogP contribution in [-0.4, -0.2) is 39.9 Å². The van der Waals surface area contributed by atoms with Crippen molar-refractivity contribution in [2.24, 2.45) is 0 Å². The molecule has 16 heteroatoms. The van der Waals surface area contributed by atoms with Crippen molar-refractivity contribution in [3.05, 3.63) is 54.9 Å². The van der Waals surface area contributed by atoms with Crippen LogP contribution in [0.25, 0.3) is 11.2 Å². The molecule has 0 saturated carbocycles. The van der Waals surface area contributed by atoms with Crippen LogP contribution in [0.15, 0.2) is 18.2 Å². The Kier molecular flexibility index (Phi) is 6.72. The van der Waals surface area contributed by atoms with Crippen LogP contribution in [0, 0.1) is 17.0 Å². The molecule has 1 aromatic carbocycles. The van der Waals surface area contributed by atoms with Gasteiger partial charge < -0.3 is 17.2 Å². The number of rotatable bonds is 3. The fraction of sp³-hybridized carbons (Fsp3) is 0.125. The summed E-state index contributed by atoms with van der Waals surface area (Å²) in [5.74, 6) is 0.0464. The molecule has 0 aliphatic rings. The van der Waals surface area contributed by atoms with Gasteiger partial charge in [0.15, 0.2) is 26.6 Å². The molecule has 4 rings (SSSR count). The monoisotopic (exact) mass is 497 g/mol. The van der Waals surface area contributed by atoms with Gasteiger partial charge >= 0.3 is 0 Å². The SMILES string of the molecule is Cc1cc(Cn2nnc3c(Cl)nc(N)nc32)ccc1[N+](=O)[O-].Nc1nc(Cl)c(N)c(Cl)n1. The van der Waals surface area contributed by atoms with E-state index >= 15 is 0 Å². The van der Waals surface area contributed by atoms with E-state index < -0.39 is 4.92 Å². The minimum Gasteiger partial charge on any atom is -0.394 e. The number of halogens is 3. The first-order valence-corrected chi connectivity index (χ1v) is 9.70. The maximum Gasteiger partial charge on any atom is 0.272 e. The summed E-state index contributed by atoms with van der Waals surface area (Å²) in [4.78, 5) is 25.4. The number of nitro benzene ring substituents is 1. The highest BCUT2D eigenvalue weighted by molar-refractivity contribution is 6.37. The second-order valence-electron chi connectivity index (χ2n) is 6.25. The lowest BCUT2D eigenvalue weighted by Gasteiger charge is -2.04. The smallest absolute Gasteiger partial charge is 0.272 e. The molecule has 0 radical (unpaired) electrons. The summed E-state index contributed by atoms with van der Waals surface area (Å²) in [5.41, 5.74) is 18.4. The number of hydrogen-bond donors (Lipinski definition) is 3. The van der Waals surface area contributed by atoms with E-state index in [4.69, 9.17) is 52.0 Å². The number of aryl methyl sites for hydroxylation is 1. The second kappa shape index (κ2) is 9.30. The normalized spacial score (nSPS) is 10.6. The molecule has 0 bridgehead atoms. The summed E-state index contributed by atoms with van der Waals surface area (Å²) in [7, 11) is 0. The molecular formula is C16H14Cl3N11O2. The van der Waals surface area contributed by atoms with Crippen molar-refractivity contribution in [1.29, 1.82) is 0 Å². The topological polar surface area (TPSA) is 203 Å². The Labute approximate surface area is 194 Å². The Hall–Kier alpha value is -3.55. The summed E-state index contributed by atoms with van der Waals surface area (Å²) < 4.78 is 1.51. The predicted molar refractivity (Wildman–Crippen MR) is 120 cm³/mol. The van der Waals surface area contributed by atoms with Crippen LogP contribution in [-0.2, 0) is 6.54 Å². The predicted octanol–water partition coefficient (Wildman–Crippen LogP) is 2.67. The molecule has 13 nitrogen and oxygen atoms in total. The Balaban J connectivity index is 0.000000243. The third-order valence-corrected chi connectivity index (χ3v) is 4.84. The standard InChI is InChI=1S/C12H10ClN7O2.C4H4Cl2N4/c1-6-4-7(2-3-8(6)20(21)22)5-19-11-9(17-18-19)10(13)15-12(14)16-11;5-2-1(7)3(6)10-4(8)9-2/h2-4H,5H2,1H3,(H2,14,15,16);7H2,(H2,8,9,10). The number of nitrogen functional groups attached to an aromatic ring is 3. The summed E-state index contributed by atoms with van der Waals surface area (Å²) in [6.45, 7) is 2.01. The molecule has 6 N–H and O–H groups in total. The van der Waals surface area contributed by atoms with E-state index in [9.17, 15) is 10.1 Å². The highest BCUT2D eigenvalue weighted by atomic mass is 35.5. The van der Waals surface area contributed by atoms with Gasteiger partial charge in [0, 0.05) is 11.6 Å². The minimum atomic E-state index is -0.419. The third kappa shape index (κ3) is 5.01. The molecule has 0 aliphatic carbocycles. The molecule has 3 aromatic heterocycles. The van der Waals surface area contributed by atoms with Crippen LogP contribution in [0.1, 0.15) is 11.1 Å². The molecule has 0 aliphatic heterocycles. The van der Waals surface area contributed by atoms with Gasteiger partial charge in [-0.1, -0.05) is 46.1 Å². The van der Waals surface area contributed by atoms with Gasteiger partial charge in [-0.05, 0) is 18.6 Å². The number of nitrogens with zero attached hydrogens (tertiary/aromatic N) is 8. The van der Waals surface area contributed by atoms with Gasteiger partial charge in [-0.3, -0.25) is 10.1 Å². The summed E-state index contributed by atoms with van der Waals surface area (Å²) in [6, 6.07) is 4.84. The minimum absolute atomic E-state index is 0.0178. The molecule has 32 heavy (non-hydrogen) atoms. The van der Waals surface area contributed by atoms with Gasteiger partial charge in [-0.25, -0.2) is 4.68 Å². The number of nitrogens with two attached hydrogens (primary N) is 3. The van der Waals surface area contributed by atoms with Crippen molar-refractivity contribution in [2.45, 2.75) is 13.5 Å². The number of benzene rings is 1. The zero-order valence-electron chi connectivity index (χ0n) is 16.2. The molecule has 166 valence electrons. The van der Waals surface area contributed by atoms with E-state index in [1.54, 1.807) is 19.1 Å². The number of anilines is 3. The van der Waals surface area contributed by atoms with E-state index in [1.807, 2.05) is 0 Å². The Bertz CT molecular complexity index is 1310. The van der Waals surface area contributed by atoms with Crippen molar-refractivity contribution in [1.82, 2.24) is 34.9 Å². The second-order valence-corrected chi connectivity index (χ2v) is 7.32. The first-order valence-electron chi connectivity index (χ1n) is 8.57. The zero-order chi connectivity index (χ0) is 23.6. The third-order valence-electron chi connectivity index (χ3n) is 4.00. The first-order chi connectivity index (χ1) is 15.1. The van der Waals surface area contributed by atoms with E-state index in [-0.39, 0.29) is 38.7 Å². The average molecular weight is 499 g/mol. The van der Waals surface area contributed by atoms with Gasteiger partial charge in [0.05, 0.1) is 11.5 Å². The lowest BCUT2D eigenvalue weighted by atomic mass is 10.1. The highest BCUT2D eigenvalue weighted by Crippen LogP contribution is 2.24. The molecule has 0 unspecified atom stereocenters. The van der Waals surface area contributed by atoms with E-state index in [2.05, 4.69) is 30.2 Å². The van der Waals surface area contributed by atoms with Gasteiger partial charge in [-0.15, -0.1) is 5.10 Å². The lowest BCUT2D eigenvalue weighted by Crippen LogP contribution is -2.05. The fourth-order valence-electron chi connectivity index (χ4n) is 2.57. The van der Waals surface area contributed by atoms with Gasteiger partial charge in [0.1, 0.15) is 5.69 Å². The quantitative estimate of drug-likeness (QED) is 0.213.